The summed E-state index contributed by atoms with van der Waals surface area (Å²) in [6.45, 7) is 0. The number of thiophene rings is 2. The van der Waals surface area contributed by atoms with Crippen LogP contribution in [0.2, 0.25) is 0 Å². The van der Waals surface area contributed by atoms with Crippen molar-refractivity contribution >= 4 is 43.1 Å². The Kier molecular flexibility index (Phi) is 2.56. The quantitative estimate of drug-likeness (QED) is 0.532. The molecule has 0 aliphatic rings. The number of aromatic nitrogens is 2. The van der Waals surface area contributed by atoms with Crippen molar-refractivity contribution in [3.63, 3.8) is 0 Å². The van der Waals surface area contributed by atoms with Crippen molar-refractivity contribution in [1.82, 2.24) is 9.97 Å². The van der Waals surface area contributed by atoms with E-state index < -0.39 is 6.10 Å². The van der Waals surface area contributed by atoms with Gasteiger partial charge in [0.15, 0.2) is 0 Å². The van der Waals surface area contributed by atoms with Crippen LogP contribution in [0.1, 0.15) is 16.5 Å². The molecule has 6 heteroatoms. The topological polar surface area (TPSA) is 68.9 Å². The van der Waals surface area contributed by atoms with Crippen LogP contribution in [-0.4, -0.2) is 15.1 Å². The molecule has 0 radical (unpaired) electrons. The van der Waals surface area contributed by atoms with E-state index in [1.807, 2.05) is 29.6 Å². The van der Waals surface area contributed by atoms with Gasteiger partial charge >= 0.3 is 5.69 Å². The summed E-state index contributed by atoms with van der Waals surface area (Å²) < 4.78 is 2.39. The highest BCUT2D eigenvalue weighted by Gasteiger charge is 2.15. The second-order valence-electron chi connectivity index (χ2n) is 4.58. The predicted molar refractivity (Wildman–Crippen MR) is 82.7 cm³/mol. The molecule has 4 nitrogen and oxygen atoms in total. The fourth-order valence-electron chi connectivity index (χ4n) is 2.30. The normalized spacial score (nSPS) is 13.2. The lowest BCUT2D eigenvalue weighted by molar-refractivity contribution is 0.224. The first-order valence-corrected chi connectivity index (χ1v) is 7.77. The number of hydrogen-bond acceptors (Lipinski definition) is 4. The molecule has 0 spiro atoms. The van der Waals surface area contributed by atoms with Gasteiger partial charge in [-0.25, -0.2) is 4.79 Å². The number of benzene rings is 1. The van der Waals surface area contributed by atoms with Gasteiger partial charge in [-0.1, -0.05) is 6.07 Å². The summed E-state index contributed by atoms with van der Waals surface area (Å²) in [5, 5.41) is 12.5. The molecule has 4 rings (SSSR count). The number of imidazole rings is 1. The number of rotatable bonds is 2. The molecular formula is C14H10N2O2S2. The van der Waals surface area contributed by atoms with E-state index in [-0.39, 0.29) is 5.69 Å². The standard InChI is InChI=1S/C14H10N2O2S2/c17-13(12-6-11-10(20-12)3-4-19-11)7-1-2-8-9(5-7)16-14(18)15-8/h1-6,13,17H,(H2,15,16,18). The maximum absolute atomic E-state index is 11.3. The van der Waals surface area contributed by atoms with E-state index in [1.54, 1.807) is 22.7 Å². The summed E-state index contributed by atoms with van der Waals surface area (Å²) in [4.78, 5) is 17.6. The van der Waals surface area contributed by atoms with E-state index in [4.69, 9.17) is 0 Å². The van der Waals surface area contributed by atoms with Gasteiger partial charge in [0.2, 0.25) is 0 Å². The Labute approximate surface area is 121 Å². The summed E-state index contributed by atoms with van der Waals surface area (Å²) in [6, 6.07) is 9.55. The van der Waals surface area contributed by atoms with E-state index in [0.717, 1.165) is 16.0 Å². The Bertz CT molecular complexity index is 932. The number of hydrogen-bond donors (Lipinski definition) is 3. The number of nitrogens with one attached hydrogen (secondary N) is 2. The Balaban J connectivity index is 1.80. The Hall–Kier alpha value is -1.89. The second kappa shape index (κ2) is 4.31. The largest absolute Gasteiger partial charge is 0.383 e. The molecule has 100 valence electrons. The van der Waals surface area contributed by atoms with Gasteiger partial charge in [0.25, 0.3) is 0 Å². The molecule has 20 heavy (non-hydrogen) atoms. The van der Waals surface area contributed by atoms with Crippen molar-refractivity contribution in [2.75, 3.05) is 0 Å². The lowest BCUT2D eigenvalue weighted by atomic mass is 10.1. The molecule has 1 unspecified atom stereocenters. The van der Waals surface area contributed by atoms with Crippen molar-refractivity contribution in [2.24, 2.45) is 0 Å². The van der Waals surface area contributed by atoms with Crippen LogP contribution < -0.4 is 5.69 Å². The lowest BCUT2D eigenvalue weighted by Gasteiger charge is -2.08. The van der Waals surface area contributed by atoms with E-state index in [9.17, 15) is 9.90 Å². The molecule has 0 saturated carbocycles. The van der Waals surface area contributed by atoms with Gasteiger partial charge in [0.05, 0.1) is 11.0 Å². The van der Waals surface area contributed by atoms with Gasteiger partial charge in [0.1, 0.15) is 6.10 Å². The third kappa shape index (κ3) is 1.81. The van der Waals surface area contributed by atoms with Gasteiger partial charge in [0, 0.05) is 14.3 Å². The van der Waals surface area contributed by atoms with Gasteiger partial charge in [-0.15, -0.1) is 22.7 Å². The summed E-state index contributed by atoms with van der Waals surface area (Å²) in [6.07, 6.45) is -0.664. The zero-order valence-corrected chi connectivity index (χ0v) is 11.8. The minimum Gasteiger partial charge on any atom is -0.383 e. The molecule has 3 aromatic heterocycles. The molecule has 4 aromatic rings. The van der Waals surface area contributed by atoms with Crippen LogP contribution in [0, 0.1) is 0 Å². The average molecular weight is 302 g/mol. The molecule has 1 aromatic carbocycles. The number of aliphatic hydroxyl groups excluding tert-OH is 1. The van der Waals surface area contributed by atoms with E-state index >= 15 is 0 Å². The zero-order chi connectivity index (χ0) is 13.7. The third-order valence-corrected chi connectivity index (χ3v) is 5.43. The molecular weight excluding hydrogens is 292 g/mol. The number of H-pyrrole nitrogens is 2. The van der Waals surface area contributed by atoms with Crippen molar-refractivity contribution in [3.05, 3.63) is 56.6 Å². The van der Waals surface area contributed by atoms with E-state index in [0.29, 0.717) is 5.52 Å². The Morgan fingerprint density at radius 1 is 1.05 bits per heavy atom. The minimum absolute atomic E-state index is 0.233. The maximum atomic E-state index is 11.3. The molecule has 3 N–H and O–H groups in total. The monoisotopic (exact) mass is 302 g/mol. The van der Waals surface area contributed by atoms with E-state index in [2.05, 4.69) is 16.0 Å². The maximum Gasteiger partial charge on any atom is 0.323 e. The fourth-order valence-corrected chi connectivity index (χ4v) is 4.44. The minimum atomic E-state index is -0.664. The summed E-state index contributed by atoms with van der Waals surface area (Å²) in [5.41, 5.74) is 2.01. The highest BCUT2D eigenvalue weighted by Crippen LogP contribution is 2.36. The molecule has 0 amide bonds. The molecule has 0 saturated heterocycles. The highest BCUT2D eigenvalue weighted by molar-refractivity contribution is 7.26. The van der Waals surface area contributed by atoms with Crippen molar-refractivity contribution in [3.8, 4) is 0 Å². The smallest absolute Gasteiger partial charge is 0.323 e. The predicted octanol–water partition coefficient (Wildman–Crippen LogP) is 3.21. The second-order valence-corrected chi connectivity index (χ2v) is 6.65. The van der Waals surface area contributed by atoms with Gasteiger partial charge in [-0.05, 0) is 35.2 Å². The van der Waals surface area contributed by atoms with Crippen LogP contribution in [0.3, 0.4) is 0 Å². The molecule has 0 bridgehead atoms. The van der Waals surface area contributed by atoms with Crippen LogP contribution in [-0.2, 0) is 0 Å². The van der Waals surface area contributed by atoms with Crippen LogP contribution in [0.15, 0.2) is 40.5 Å². The molecule has 0 fully saturated rings. The van der Waals surface area contributed by atoms with Gasteiger partial charge in [-0.2, -0.15) is 0 Å². The number of aromatic amines is 2. The fraction of sp³-hybridized carbons (Fsp3) is 0.0714. The molecule has 0 aliphatic carbocycles. The first-order valence-electron chi connectivity index (χ1n) is 6.08. The molecule has 1 atom stereocenters. The average Bonchev–Trinajstić information content (AvgIpc) is 3.08. The summed E-state index contributed by atoms with van der Waals surface area (Å²) in [7, 11) is 0. The highest BCUT2D eigenvalue weighted by atomic mass is 32.1. The first-order chi connectivity index (χ1) is 9.70. The number of aliphatic hydroxyl groups is 1. The zero-order valence-electron chi connectivity index (χ0n) is 10.2. The van der Waals surface area contributed by atoms with Crippen molar-refractivity contribution in [2.45, 2.75) is 6.10 Å². The first kappa shape index (κ1) is 11.9. The van der Waals surface area contributed by atoms with Crippen LogP contribution in [0.4, 0.5) is 0 Å². The Morgan fingerprint density at radius 3 is 2.75 bits per heavy atom. The molecule has 0 aliphatic heterocycles. The van der Waals surface area contributed by atoms with Gasteiger partial charge < -0.3 is 15.1 Å². The van der Waals surface area contributed by atoms with Crippen LogP contribution in [0.5, 0.6) is 0 Å². The van der Waals surface area contributed by atoms with Gasteiger partial charge in [-0.3, -0.25) is 0 Å². The third-order valence-electron chi connectivity index (χ3n) is 3.28. The molecule has 3 heterocycles. The van der Waals surface area contributed by atoms with Crippen molar-refractivity contribution in [1.29, 1.82) is 0 Å². The SMILES string of the molecule is O=c1[nH]c2ccc(C(O)c3cc4sccc4s3)cc2[nH]1. The summed E-state index contributed by atoms with van der Waals surface area (Å²) in [5.74, 6) is 0. The van der Waals surface area contributed by atoms with Crippen molar-refractivity contribution < 1.29 is 5.11 Å². The number of fused-ring (bicyclic) bond motifs is 2. The van der Waals surface area contributed by atoms with E-state index in [1.165, 1.54) is 9.40 Å². The lowest BCUT2D eigenvalue weighted by Crippen LogP contribution is -1.99. The van der Waals surface area contributed by atoms with Crippen LogP contribution in [0.25, 0.3) is 20.4 Å². The van der Waals surface area contributed by atoms with Crippen LogP contribution >= 0.6 is 22.7 Å². The Morgan fingerprint density at radius 2 is 1.90 bits per heavy atom. The summed E-state index contributed by atoms with van der Waals surface area (Å²) >= 11 is 3.27.